The number of halogens is 1. The first-order valence-corrected chi connectivity index (χ1v) is 9.80. The third-order valence-electron chi connectivity index (χ3n) is 3.78. The molecule has 0 saturated carbocycles. The molecule has 0 fully saturated rings. The van der Waals surface area contributed by atoms with E-state index in [4.69, 9.17) is 4.74 Å². The number of ether oxygens (including phenoxy) is 1. The zero-order chi connectivity index (χ0) is 18.5. The number of hydrogen-bond donors (Lipinski definition) is 0. The minimum absolute atomic E-state index is 0.0584. The molecule has 0 aliphatic rings. The van der Waals surface area contributed by atoms with Crippen molar-refractivity contribution in [1.82, 2.24) is 14.8 Å². The van der Waals surface area contributed by atoms with Crippen molar-refractivity contribution in [2.45, 2.75) is 18.7 Å². The van der Waals surface area contributed by atoms with Gasteiger partial charge in [0.2, 0.25) is 0 Å². The lowest BCUT2D eigenvalue weighted by molar-refractivity contribution is 0.102. The topological polar surface area (TPSA) is 57.0 Å². The summed E-state index contributed by atoms with van der Waals surface area (Å²) < 4.78 is 8.58. The van der Waals surface area contributed by atoms with Gasteiger partial charge in [0.1, 0.15) is 12.4 Å². The van der Waals surface area contributed by atoms with Crippen molar-refractivity contribution in [2.75, 3.05) is 5.75 Å². The molecular formula is C19H18BrN3O2S. The van der Waals surface area contributed by atoms with E-state index in [9.17, 15) is 4.79 Å². The molecule has 1 heterocycles. The molecule has 0 N–H and O–H groups in total. The van der Waals surface area contributed by atoms with E-state index in [2.05, 4.69) is 26.1 Å². The highest BCUT2D eigenvalue weighted by atomic mass is 79.9. The Morgan fingerprint density at radius 2 is 1.96 bits per heavy atom. The molecule has 7 heteroatoms. The Balaban J connectivity index is 1.58. The van der Waals surface area contributed by atoms with Gasteiger partial charge in [-0.2, -0.15) is 0 Å². The second-order valence-electron chi connectivity index (χ2n) is 5.78. The van der Waals surface area contributed by atoms with E-state index in [1.165, 1.54) is 11.8 Å². The average Bonchev–Trinajstić information content (AvgIpc) is 2.98. The van der Waals surface area contributed by atoms with Crippen LogP contribution in [0.4, 0.5) is 0 Å². The Labute approximate surface area is 164 Å². The molecule has 0 aliphatic heterocycles. The predicted molar refractivity (Wildman–Crippen MR) is 106 cm³/mol. The molecule has 0 radical (unpaired) electrons. The molecular weight excluding hydrogens is 414 g/mol. The summed E-state index contributed by atoms with van der Waals surface area (Å²) in [6, 6.07) is 15.2. The van der Waals surface area contributed by atoms with Gasteiger partial charge in [0.25, 0.3) is 0 Å². The fourth-order valence-corrected chi connectivity index (χ4v) is 3.39. The van der Waals surface area contributed by atoms with Gasteiger partial charge in [0.15, 0.2) is 16.8 Å². The summed E-state index contributed by atoms with van der Waals surface area (Å²) in [5, 5.41) is 9.02. The van der Waals surface area contributed by atoms with Gasteiger partial charge in [-0.15, -0.1) is 10.2 Å². The van der Waals surface area contributed by atoms with Crippen LogP contribution in [0.5, 0.6) is 5.75 Å². The Morgan fingerprint density at radius 1 is 1.19 bits per heavy atom. The lowest BCUT2D eigenvalue weighted by atomic mass is 10.2. The van der Waals surface area contributed by atoms with E-state index >= 15 is 0 Å². The summed E-state index contributed by atoms with van der Waals surface area (Å²) in [5.74, 6) is 1.88. The minimum atomic E-state index is 0.0584. The van der Waals surface area contributed by atoms with Crippen LogP contribution in [-0.2, 0) is 13.7 Å². The Morgan fingerprint density at radius 3 is 2.69 bits per heavy atom. The number of Topliss-reactive ketones (excluding diaryl/α,β-unsaturated/α-hetero) is 1. The molecule has 0 saturated heterocycles. The lowest BCUT2D eigenvalue weighted by Gasteiger charge is -2.07. The Bertz CT molecular complexity index is 909. The highest BCUT2D eigenvalue weighted by Gasteiger charge is 2.13. The number of carbonyl (C=O) groups excluding carboxylic acids is 1. The second kappa shape index (κ2) is 8.51. The maximum absolute atomic E-state index is 12.3. The van der Waals surface area contributed by atoms with Gasteiger partial charge in [0, 0.05) is 17.1 Å². The number of aryl methyl sites for hydroxylation is 1. The largest absolute Gasteiger partial charge is 0.486 e. The quantitative estimate of drug-likeness (QED) is 0.408. The van der Waals surface area contributed by atoms with Crippen molar-refractivity contribution in [3.63, 3.8) is 0 Å². The van der Waals surface area contributed by atoms with Gasteiger partial charge in [-0.05, 0) is 36.8 Å². The lowest BCUT2D eigenvalue weighted by Crippen LogP contribution is -2.06. The highest BCUT2D eigenvalue weighted by Crippen LogP contribution is 2.20. The van der Waals surface area contributed by atoms with Gasteiger partial charge >= 0.3 is 0 Å². The first-order chi connectivity index (χ1) is 12.5. The van der Waals surface area contributed by atoms with E-state index < -0.39 is 0 Å². The third kappa shape index (κ3) is 4.74. The number of hydrogen-bond acceptors (Lipinski definition) is 5. The van der Waals surface area contributed by atoms with Crippen LogP contribution in [0.25, 0.3) is 0 Å². The summed E-state index contributed by atoms with van der Waals surface area (Å²) >= 11 is 4.74. The molecule has 2 aromatic carbocycles. The minimum Gasteiger partial charge on any atom is -0.486 e. The smallest absolute Gasteiger partial charge is 0.191 e. The maximum Gasteiger partial charge on any atom is 0.191 e. The number of carbonyl (C=O) groups is 1. The monoisotopic (exact) mass is 431 g/mol. The van der Waals surface area contributed by atoms with Crippen molar-refractivity contribution in [3.05, 3.63) is 70.0 Å². The van der Waals surface area contributed by atoms with E-state index in [1.54, 1.807) is 0 Å². The molecule has 0 unspecified atom stereocenters. The van der Waals surface area contributed by atoms with Crippen LogP contribution >= 0.6 is 27.7 Å². The molecule has 0 aliphatic carbocycles. The van der Waals surface area contributed by atoms with Crippen molar-refractivity contribution in [2.24, 2.45) is 7.05 Å². The molecule has 26 heavy (non-hydrogen) atoms. The van der Waals surface area contributed by atoms with Gasteiger partial charge < -0.3 is 9.30 Å². The zero-order valence-corrected chi connectivity index (χ0v) is 16.9. The van der Waals surface area contributed by atoms with Gasteiger partial charge in [-0.1, -0.05) is 52.0 Å². The third-order valence-corrected chi connectivity index (χ3v) is 5.33. The molecule has 3 rings (SSSR count). The molecule has 3 aromatic rings. The zero-order valence-electron chi connectivity index (χ0n) is 14.5. The number of ketones is 1. The van der Waals surface area contributed by atoms with E-state index in [0.29, 0.717) is 28.9 Å². The molecule has 0 spiro atoms. The van der Waals surface area contributed by atoms with E-state index in [1.807, 2.05) is 67.1 Å². The fraction of sp³-hybridized carbons (Fsp3) is 0.211. The first kappa shape index (κ1) is 18.7. The van der Waals surface area contributed by atoms with Crippen molar-refractivity contribution < 1.29 is 9.53 Å². The number of benzene rings is 2. The number of nitrogens with zero attached hydrogens (tertiary/aromatic N) is 3. The fourth-order valence-electron chi connectivity index (χ4n) is 2.30. The van der Waals surface area contributed by atoms with Crippen LogP contribution < -0.4 is 4.74 Å². The summed E-state index contributed by atoms with van der Waals surface area (Å²) in [6.07, 6.45) is 0. The van der Waals surface area contributed by atoms with Gasteiger partial charge in [-0.25, -0.2) is 0 Å². The summed E-state index contributed by atoms with van der Waals surface area (Å²) in [7, 11) is 1.88. The van der Waals surface area contributed by atoms with Crippen LogP contribution in [0.3, 0.4) is 0 Å². The molecule has 5 nitrogen and oxygen atoms in total. The SMILES string of the molecule is Cc1cccc(OCc2nnc(SCC(=O)c3ccc(Br)cc3)n2C)c1. The maximum atomic E-state index is 12.3. The average molecular weight is 432 g/mol. The number of aromatic nitrogens is 3. The standard InChI is InChI=1S/C19H18BrN3O2S/c1-13-4-3-5-16(10-13)25-11-18-21-22-19(23(18)2)26-12-17(24)14-6-8-15(20)9-7-14/h3-10H,11-12H2,1-2H3. The molecule has 0 amide bonds. The normalized spacial score (nSPS) is 10.7. The molecule has 0 bridgehead atoms. The summed E-state index contributed by atoms with van der Waals surface area (Å²) in [5.41, 5.74) is 1.83. The predicted octanol–water partition coefficient (Wildman–Crippen LogP) is 4.44. The Hall–Kier alpha value is -2.12. The van der Waals surface area contributed by atoms with Crippen molar-refractivity contribution >= 4 is 33.5 Å². The number of rotatable bonds is 7. The van der Waals surface area contributed by atoms with E-state index in [0.717, 1.165) is 15.8 Å². The second-order valence-corrected chi connectivity index (χ2v) is 7.64. The van der Waals surface area contributed by atoms with Crippen LogP contribution in [-0.4, -0.2) is 26.3 Å². The number of thioether (sulfide) groups is 1. The highest BCUT2D eigenvalue weighted by molar-refractivity contribution is 9.10. The van der Waals surface area contributed by atoms with Crippen LogP contribution in [0.15, 0.2) is 58.2 Å². The molecule has 0 atom stereocenters. The van der Waals surface area contributed by atoms with Crippen molar-refractivity contribution in [1.29, 1.82) is 0 Å². The van der Waals surface area contributed by atoms with E-state index in [-0.39, 0.29) is 5.78 Å². The summed E-state index contributed by atoms with van der Waals surface area (Å²) in [6.45, 7) is 2.35. The van der Waals surface area contributed by atoms with Gasteiger partial charge in [-0.3, -0.25) is 4.79 Å². The van der Waals surface area contributed by atoms with Crippen molar-refractivity contribution in [3.8, 4) is 5.75 Å². The molecule has 1 aromatic heterocycles. The first-order valence-electron chi connectivity index (χ1n) is 8.02. The van der Waals surface area contributed by atoms with Gasteiger partial charge in [0.05, 0.1) is 5.75 Å². The Kier molecular flexibility index (Phi) is 6.11. The van der Waals surface area contributed by atoms with Crippen LogP contribution in [0, 0.1) is 6.92 Å². The summed E-state index contributed by atoms with van der Waals surface area (Å²) in [4.78, 5) is 12.3. The molecule has 134 valence electrons. The van der Waals surface area contributed by atoms with Crippen LogP contribution in [0.1, 0.15) is 21.7 Å². The van der Waals surface area contributed by atoms with Crippen LogP contribution in [0.2, 0.25) is 0 Å².